The number of ketones is 1. The number of hydrogen-bond donors (Lipinski definition) is 2. The second kappa shape index (κ2) is 8.26. The maximum Gasteiger partial charge on any atom is 0.266 e. The Bertz CT molecular complexity index is 783. The van der Waals surface area contributed by atoms with E-state index in [9.17, 15) is 14.4 Å². The number of Topliss-reactive ketones (excluding diaryl/α,β-unsaturated/α-hetero) is 1. The lowest BCUT2D eigenvalue weighted by atomic mass is 10.1. The maximum absolute atomic E-state index is 12.7. The number of rotatable bonds is 9. The number of hydrogen-bond acceptors (Lipinski definition) is 5. The van der Waals surface area contributed by atoms with Gasteiger partial charge >= 0.3 is 0 Å². The summed E-state index contributed by atoms with van der Waals surface area (Å²) in [5.41, 5.74) is 6.13. The zero-order valence-corrected chi connectivity index (χ0v) is 16.2. The van der Waals surface area contributed by atoms with Gasteiger partial charge in [0.1, 0.15) is 5.52 Å². The topological polar surface area (TPSA) is 115 Å². The van der Waals surface area contributed by atoms with Crippen molar-refractivity contribution >= 4 is 36.4 Å². The monoisotopic (exact) mass is 374 g/mol. The first-order valence-electron chi connectivity index (χ1n) is 8.58. The highest BCUT2D eigenvalue weighted by molar-refractivity contribution is 7.04. The van der Waals surface area contributed by atoms with Crippen LogP contribution < -0.4 is 11.1 Å². The Kier molecular flexibility index (Phi) is 6.31. The van der Waals surface area contributed by atoms with E-state index in [0.29, 0.717) is 30.0 Å². The number of nitrogens with one attached hydrogen (secondary N) is 1. The van der Waals surface area contributed by atoms with E-state index in [1.54, 1.807) is 31.3 Å². The second-order valence-corrected chi connectivity index (χ2v) is 11.5. The molecule has 139 valence electrons. The molecule has 26 heavy (non-hydrogen) atoms. The molecule has 1 radical (unpaired) electrons. The molecule has 0 fully saturated rings. The number of carbonyl (C=O) groups is 3. The van der Waals surface area contributed by atoms with Crippen molar-refractivity contribution in [2.75, 3.05) is 0 Å². The summed E-state index contributed by atoms with van der Waals surface area (Å²) >= 11 is 0. The Morgan fingerprint density at radius 1 is 1.31 bits per heavy atom. The Balaban J connectivity index is 2.06. The fraction of sp³-hybridized carbons (Fsp3) is 0.389. The first-order chi connectivity index (χ1) is 12.2. The average Bonchev–Trinajstić information content (AvgIpc) is 3.03. The van der Waals surface area contributed by atoms with Crippen molar-refractivity contribution in [3.05, 3.63) is 36.6 Å². The Labute approximate surface area is 153 Å². The van der Waals surface area contributed by atoms with Gasteiger partial charge in [0.05, 0.1) is 6.04 Å². The Morgan fingerprint density at radius 3 is 2.62 bits per heavy atom. The van der Waals surface area contributed by atoms with Crippen molar-refractivity contribution in [1.29, 1.82) is 0 Å². The number of primary amides is 1. The molecule has 7 nitrogen and oxygen atoms in total. The molecular weight excluding hydrogens is 350 g/mol. The van der Waals surface area contributed by atoms with Crippen LogP contribution in [0.4, 0.5) is 4.79 Å². The van der Waals surface area contributed by atoms with Gasteiger partial charge in [-0.15, -0.1) is 0 Å². The molecule has 1 aromatic heterocycles. The number of para-hydroxylation sites is 2. The van der Waals surface area contributed by atoms with Crippen molar-refractivity contribution in [2.24, 2.45) is 5.73 Å². The van der Waals surface area contributed by atoms with E-state index in [1.807, 2.05) is 13.0 Å². The minimum absolute atomic E-state index is 0.0169. The van der Waals surface area contributed by atoms with Crippen molar-refractivity contribution in [3.63, 3.8) is 0 Å². The van der Waals surface area contributed by atoms with Crippen LogP contribution in [0.3, 0.4) is 0 Å². The molecule has 0 bridgehead atoms. The molecule has 0 saturated heterocycles. The minimum atomic E-state index is -2.32. The van der Waals surface area contributed by atoms with Gasteiger partial charge < -0.3 is 15.5 Å². The van der Waals surface area contributed by atoms with Crippen LogP contribution in [0.2, 0.25) is 19.1 Å². The molecule has 1 heterocycles. The van der Waals surface area contributed by atoms with E-state index in [1.165, 1.54) is 6.42 Å². The number of nitrogens with zero attached hydrogens (tertiary/aromatic N) is 1. The Hall–Kier alpha value is -2.48. The predicted molar refractivity (Wildman–Crippen MR) is 101 cm³/mol. The normalized spacial score (nSPS) is 12.7. The predicted octanol–water partition coefficient (Wildman–Crippen LogP) is 2.87. The highest BCUT2D eigenvalue weighted by atomic mass is 28.3. The van der Waals surface area contributed by atoms with Gasteiger partial charge in [-0.2, -0.15) is 0 Å². The van der Waals surface area contributed by atoms with Crippen LogP contribution in [0.1, 0.15) is 30.5 Å². The van der Waals surface area contributed by atoms with Gasteiger partial charge in [-0.05, 0) is 24.6 Å². The summed E-state index contributed by atoms with van der Waals surface area (Å²) in [6.45, 7) is 5.52. The van der Waals surface area contributed by atoms with Gasteiger partial charge in [0.2, 0.25) is 11.7 Å². The molecule has 0 aliphatic rings. The molecule has 0 spiro atoms. The van der Waals surface area contributed by atoms with Crippen molar-refractivity contribution in [1.82, 2.24) is 10.3 Å². The smallest absolute Gasteiger partial charge is 0.266 e. The third-order valence-corrected chi connectivity index (χ3v) is 6.74. The standard InChI is InChI=1S/C18H24N3O4Si/c1-4-7-13(20-15(22)10-11-26(2,3)18(19)24)16(23)17-21-12-8-5-6-9-14(12)25-17/h5-6,8-10,13H,4,7,11H2,1-3H3,(H2,19,24)(H,20,22)/t13-/m0/s1. The van der Waals surface area contributed by atoms with Crippen molar-refractivity contribution in [3.8, 4) is 0 Å². The summed E-state index contributed by atoms with van der Waals surface area (Å²) in [4.78, 5) is 40.5. The van der Waals surface area contributed by atoms with E-state index in [2.05, 4.69) is 10.3 Å². The molecule has 2 amide bonds. The molecule has 1 aromatic carbocycles. The zero-order chi connectivity index (χ0) is 19.3. The quantitative estimate of drug-likeness (QED) is 0.517. The number of carbonyl (C=O) groups excluding carboxylic acids is 3. The molecule has 2 rings (SSSR count). The molecule has 0 aliphatic heterocycles. The zero-order valence-electron chi connectivity index (χ0n) is 15.2. The first-order valence-corrected chi connectivity index (χ1v) is 11.8. The molecule has 1 atom stereocenters. The molecule has 8 heteroatoms. The van der Waals surface area contributed by atoms with Gasteiger partial charge in [0.15, 0.2) is 19.2 Å². The van der Waals surface area contributed by atoms with E-state index in [4.69, 9.17) is 10.2 Å². The average molecular weight is 374 g/mol. The van der Waals surface area contributed by atoms with Crippen molar-refractivity contribution < 1.29 is 18.8 Å². The number of fused-ring (bicyclic) bond motifs is 1. The van der Waals surface area contributed by atoms with Gasteiger partial charge in [-0.3, -0.25) is 14.4 Å². The summed E-state index contributed by atoms with van der Waals surface area (Å²) in [6.07, 6.45) is 2.57. The van der Waals surface area contributed by atoms with Gasteiger partial charge in [-0.1, -0.05) is 38.6 Å². The lowest BCUT2D eigenvalue weighted by Gasteiger charge is -2.19. The van der Waals surface area contributed by atoms with Crippen LogP contribution >= 0.6 is 0 Å². The summed E-state index contributed by atoms with van der Waals surface area (Å²) in [5, 5.41) is 2.70. The van der Waals surface area contributed by atoms with Gasteiger partial charge in [-0.25, -0.2) is 4.98 Å². The van der Waals surface area contributed by atoms with Gasteiger partial charge in [0.25, 0.3) is 5.89 Å². The molecular formula is C18H24N3O4Si. The third kappa shape index (κ3) is 4.78. The summed E-state index contributed by atoms with van der Waals surface area (Å²) in [5.74, 6) is -0.775. The summed E-state index contributed by atoms with van der Waals surface area (Å²) in [7, 11) is -2.32. The minimum Gasteiger partial charge on any atom is -0.434 e. The maximum atomic E-state index is 12.7. The van der Waals surface area contributed by atoms with E-state index < -0.39 is 20.0 Å². The summed E-state index contributed by atoms with van der Waals surface area (Å²) < 4.78 is 5.51. The number of benzene rings is 1. The number of oxazole rings is 1. The largest absolute Gasteiger partial charge is 0.434 e. The van der Waals surface area contributed by atoms with Gasteiger partial charge in [0, 0.05) is 6.42 Å². The van der Waals surface area contributed by atoms with E-state index in [0.717, 1.165) is 0 Å². The van der Waals surface area contributed by atoms with E-state index in [-0.39, 0.29) is 17.2 Å². The van der Waals surface area contributed by atoms with Crippen LogP contribution in [0.5, 0.6) is 0 Å². The van der Waals surface area contributed by atoms with Crippen LogP contribution in [-0.4, -0.2) is 36.3 Å². The lowest BCUT2D eigenvalue weighted by molar-refractivity contribution is -0.118. The fourth-order valence-electron chi connectivity index (χ4n) is 2.36. The van der Waals surface area contributed by atoms with Crippen LogP contribution in [0.15, 0.2) is 28.7 Å². The third-order valence-electron chi connectivity index (χ3n) is 4.18. The first kappa shape index (κ1) is 19.8. The molecule has 3 N–H and O–H groups in total. The van der Waals surface area contributed by atoms with Crippen LogP contribution in [-0.2, 0) is 4.79 Å². The Morgan fingerprint density at radius 2 is 2.00 bits per heavy atom. The molecule has 2 aromatic rings. The highest BCUT2D eigenvalue weighted by Gasteiger charge is 2.30. The SMILES string of the molecule is CCC[C@H](NC(=O)[CH]C[Si](C)(C)C(N)=O)C(=O)c1nc2ccccc2o1. The molecule has 0 unspecified atom stereocenters. The number of amides is 2. The van der Waals surface area contributed by atoms with E-state index >= 15 is 0 Å². The summed E-state index contributed by atoms with van der Waals surface area (Å²) in [6, 6.07) is 6.69. The molecule has 0 saturated carbocycles. The highest BCUT2D eigenvalue weighted by Crippen LogP contribution is 2.17. The lowest BCUT2D eigenvalue weighted by Crippen LogP contribution is -2.45. The fourth-order valence-corrected chi connectivity index (χ4v) is 3.26. The molecule has 0 aliphatic carbocycles. The number of nitrogens with two attached hydrogens (primary N) is 1. The van der Waals surface area contributed by atoms with Crippen molar-refractivity contribution in [2.45, 2.75) is 44.9 Å². The van der Waals surface area contributed by atoms with Crippen LogP contribution in [0.25, 0.3) is 11.1 Å². The number of aromatic nitrogens is 1. The van der Waals surface area contributed by atoms with Crippen LogP contribution in [0, 0.1) is 6.42 Å². The second-order valence-electron chi connectivity index (χ2n) is 6.86.